The fourth-order valence-electron chi connectivity index (χ4n) is 3.33. The molecule has 1 amide bonds. The van der Waals surface area contributed by atoms with Crippen LogP contribution < -0.4 is 10.1 Å². The number of amides is 1. The van der Waals surface area contributed by atoms with E-state index in [0.717, 1.165) is 12.1 Å². The summed E-state index contributed by atoms with van der Waals surface area (Å²) in [5.74, 6) is -2.58. The van der Waals surface area contributed by atoms with Crippen LogP contribution in [0, 0.1) is 11.6 Å². The van der Waals surface area contributed by atoms with Crippen molar-refractivity contribution < 1.29 is 36.6 Å². The van der Waals surface area contributed by atoms with Crippen molar-refractivity contribution in [2.45, 2.75) is 43.5 Å². The highest BCUT2D eigenvalue weighted by molar-refractivity contribution is 6.32. The summed E-state index contributed by atoms with van der Waals surface area (Å²) >= 11 is 5.91. The number of hydrogen-bond acceptors (Lipinski definition) is 3. The van der Waals surface area contributed by atoms with Crippen LogP contribution in [0.5, 0.6) is 5.75 Å². The van der Waals surface area contributed by atoms with Gasteiger partial charge < -0.3 is 15.2 Å². The van der Waals surface area contributed by atoms with Gasteiger partial charge in [-0.05, 0) is 43.5 Å². The van der Waals surface area contributed by atoms with E-state index in [2.05, 4.69) is 5.32 Å². The average molecular weight is 464 g/mol. The van der Waals surface area contributed by atoms with Crippen LogP contribution in [0.25, 0.3) is 0 Å². The summed E-state index contributed by atoms with van der Waals surface area (Å²) in [6, 6.07) is 6.92. The monoisotopic (exact) mass is 463 g/mol. The zero-order valence-electron chi connectivity index (χ0n) is 16.3. The number of rotatable bonds is 7. The van der Waals surface area contributed by atoms with E-state index < -0.39 is 47.9 Å². The highest BCUT2D eigenvalue weighted by atomic mass is 35.5. The molecule has 31 heavy (non-hydrogen) atoms. The smallest absolute Gasteiger partial charge is 0.422 e. The fraction of sp³-hybridized carbons (Fsp3) is 0.381. The molecule has 0 aromatic heterocycles. The normalized spacial score (nSPS) is 17.0. The van der Waals surface area contributed by atoms with Gasteiger partial charge in [-0.25, -0.2) is 8.78 Å². The Bertz CT molecular complexity index is 989. The summed E-state index contributed by atoms with van der Waals surface area (Å²) in [6.45, 7) is -0.282. The van der Waals surface area contributed by atoms with Crippen molar-refractivity contribution in [2.24, 2.45) is 0 Å². The predicted octanol–water partition coefficient (Wildman–Crippen LogP) is 4.96. The quantitative estimate of drug-likeness (QED) is 0.570. The van der Waals surface area contributed by atoms with Gasteiger partial charge in [0.05, 0.1) is 22.6 Å². The molecule has 1 aliphatic carbocycles. The second-order valence-electron chi connectivity index (χ2n) is 7.75. The molecular weight excluding hydrogens is 445 g/mol. The molecule has 0 bridgehead atoms. The summed E-state index contributed by atoms with van der Waals surface area (Å²) in [7, 11) is 0. The lowest BCUT2D eigenvalue weighted by molar-refractivity contribution is -0.153. The number of benzene rings is 2. The minimum atomic E-state index is -4.54. The van der Waals surface area contributed by atoms with E-state index in [0.29, 0.717) is 24.5 Å². The lowest BCUT2D eigenvalue weighted by atomic mass is 9.91. The number of ether oxygens (including phenoxy) is 1. The zero-order chi connectivity index (χ0) is 23.0. The van der Waals surface area contributed by atoms with Gasteiger partial charge in [0, 0.05) is 11.6 Å². The molecule has 10 heteroatoms. The molecule has 0 unspecified atom stereocenters. The van der Waals surface area contributed by atoms with Crippen LogP contribution in [0.1, 0.15) is 37.3 Å². The highest BCUT2D eigenvalue weighted by Gasteiger charge is 2.47. The molecule has 1 atom stereocenters. The first-order chi connectivity index (χ1) is 14.3. The molecule has 2 aromatic carbocycles. The number of carbonyl (C=O) groups is 1. The Labute approximate surface area is 180 Å². The van der Waals surface area contributed by atoms with Gasteiger partial charge in [0.1, 0.15) is 17.4 Å². The Hall–Kier alpha value is -2.39. The lowest BCUT2D eigenvalue weighted by Crippen LogP contribution is -2.39. The summed E-state index contributed by atoms with van der Waals surface area (Å²) in [5, 5.41) is 13.3. The van der Waals surface area contributed by atoms with E-state index in [4.69, 9.17) is 16.3 Å². The minimum Gasteiger partial charge on any atom is -0.483 e. The van der Waals surface area contributed by atoms with Crippen LogP contribution in [-0.2, 0) is 15.9 Å². The molecule has 3 rings (SSSR count). The molecule has 0 radical (unpaired) electrons. The lowest BCUT2D eigenvalue weighted by Gasteiger charge is -2.26. The predicted molar refractivity (Wildman–Crippen MR) is 103 cm³/mol. The van der Waals surface area contributed by atoms with E-state index in [1.54, 1.807) is 6.07 Å². The van der Waals surface area contributed by atoms with E-state index in [1.807, 2.05) is 0 Å². The Balaban J connectivity index is 1.73. The van der Waals surface area contributed by atoms with Gasteiger partial charge in [0.2, 0.25) is 5.91 Å². The highest BCUT2D eigenvalue weighted by Crippen LogP contribution is 2.47. The molecule has 4 nitrogen and oxygen atoms in total. The van der Waals surface area contributed by atoms with E-state index in [9.17, 15) is 31.9 Å². The number of hydrogen-bond donors (Lipinski definition) is 2. The van der Waals surface area contributed by atoms with Crippen molar-refractivity contribution >= 4 is 17.5 Å². The number of carbonyl (C=O) groups excluding carboxylic acids is 1. The second-order valence-corrected chi connectivity index (χ2v) is 8.16. The molecule has 0 aliphatic heterocycles. The topological polar surface area (TPSA) is 58.6 Å². The van der Waals surface area contributed by atoms with Crippen molar-refractivity contribution in [1.29, 1.82) is 0 Å². The van der Waals surface area contributed by atoms with Crippen LogP contribution >= 0.6 is 11.6 Å². The summed E-state index contributed by atoms with van der Waals surface area (Å²) in [5.41, 5.74) is -2.49. The van der Waals surface area contributed by atoms with E-state index in [-0.39, 0.29) is 16.3 Å². The van der Waals surface area contributed by atoms with Gasteiger partial charge in [-0.2, -0.15) is 13.2 Å². The van der Waals surface area contributed by atoms with Gasteiger partial charge in [0.25, 0.3) is 0 Å². The maximum absolute atomic E-state index is 14.0. The van der Waals surface area contributed by atoms with Crippen LogP contribution in [0.2, 0.25) is 5.02 Å². The molecule has 0 spiro atoms. The molecule has 0 saturated heterocycles. The maximum atomic E-state index is 14.0. The number of halogens is 6. The van der Waals surface area contributed by atoms with Crippen molar-refractivity contribution in [1.82, 2.24) is 5.32 Å². The molecule has 1 fully saturated rings. The largest absolute Gasteiger partial charge is 0.483 e. The number of aliphatic hydroxyl groups is 1. The standard InChI is InChI=1S/C21H19ClF5NO3/c1-19(30,14-4-3-13(23)9-16(14)24)10-18(29)28-20(6-7-20)12-2-5-15(22)17(8-12)31-11-21(25,26)27/h2-5,8-9,30H,6-7,10-11H2,1H3,(H,28,29)/t19-/m1/s1. The Morgan fingerprint density at radius 2 is 1.87 bits per heavy atom. The van der Waals surface area contributed by atoms with Crippen molar-refractivity contribution in [3.8, 4) is 5.75 Å². The van der Waals surface area contributed by atoms with Gasteiger partial charge >= 0.3 is 6.18 Å². The second kappa shape index (κ2) is 8.27. The van der Waals surface area contributed by atoms with Crippen LogP contribution in [0.15, 0.2) is 36.4 Å². The van der Waals surface area contributed by atoms with Gasteiger partial charge in [-0.3, -0.25) is 4.79 Å². The Kier molecular flexibility index (Phi) is 6.21. The van der Waals surface area contributed by atoms with Gasteiger partial charge in [-0.15, -0.1) is 0 Å². The number of alkyl halides is 3. The fourth-order valence-corrected chi connectivity index (χ4v) is 3.50. The Morgan fingerprint density at radius 1 is 1.19 bits per heavy atom. The molecule has 1 aliphatic rings. The first-order valence-corrected chi connectivity index (χ1v) is 9.68. The molecule has 1 saturated carbocycles. The average Bonchev–Trinajstić information content (AvgIpc) is 3.39. The SMILES string of the molecule is C[C@@](O)(CC(=O)NC1(c2ccc(Cl)c(OCC(F)(F)F)c2)CC1)c1ccc(F)cc1F. The summed E-state index contributed by atoms with van der Waals surface area (Å²) < 4.78 is 69.2. The summed E-state index contributed by atoms with van der Waals surface area (Å²) in [6.07, 6.45) is -4.04. The van der Waals surface area contributed by atoms with Crippen molar-refractivity contribution in [3.05, 3.63) is 64.2 Å². The molecule has 2 aromatic rings. The molecule has 0 heterocycles. The Morgan fingerprint density at radius 3 is 2.45 bits per heavy atom. The van der Waals surface area contributed by atoms with Crippen LogP contribution in [0.3, 0.4) is 0 Å². The van der Waals surface area contributed by atoms with Crippen LogP contribution in [-0.4, -0.2) is 23.8 Å². The van der Waals surface area contributed by atoms with E-state index in [1.165, 1.54) is 19.1 Å². The third kappa shape index (κ3) is 5.65. The van der Waals surface area contributed by atoms with Crippen molar-refractivity contribution in [3.63, 3.8) is 0 Å². The number of nitrogens with one attached hydrogen (secondary N) is 1. The first-order valence-electron chi connectivity index (χ1n) is 9.30. The molecule has 168 valence electrons. The van der Waals surface area contributed by atoms with Gasteiger partial charge in [-0.1, -0.05) is 23.7 Å². The zero-order valence-corrected chi connectivity index (χ0v) is 17.1. The van der Waals surface area contributed by atoms with Gasteiger partial charge in [0.15, 0.2) is 6.61 Å². The first kappa shape index (κ1) is 23.3. The third-order valence-electron chi connectivity index (χ3n) is 5.02. The summed E-state index contributed by atoms with van der Waals surface area (Å²) in [4.78, 5) is 12.6. The van der Waals surface area contributed by atoms with E-state index >= 15 is 0 Å². The maximum Gasteiger partial charge on any atom is 0.422 e. The minimum absolute atomic E-state index is 0.00940. The van der Waals surface area contributed by atoms with Crippen molar-refractivity contribution in [2.75, 3.05) is 6.61 Å². The third-order valence-corrected chi connectivity index (χ3v) is 5.33. The molecular formula is C21H19ClF5NO3. The molecule has 2 N–H and O–H groups in total. The van der Waals surface area contributed by atoms with Crippen LogP contribution in [0.4, 0.5) is 22.0 Å².